The molecule has 0 fully saturated rings. The van der Waals surface area contributed by atoms with E-state index >= 15 is 0 Å². The maximum atomic E-state index is 8.52. The Kier molecular flexibility index (Phi) is 3.41. The Labute approximate surface area is 86.6 Å². The number of nitrogens with zero attached hydrogens (tertiary/aromatic N) is 1. The lowest BCUT2D eigenvalue weighted by Crippen LogP contribution is -1.91. The highest BCUT2D eigenvalue weighted by atomic mass is 35.5. The third-order valence-electron chi connectivity index (χ3n) is 1.59. The van der Waals surface area contributed by atoms with Crippen LogP contribution in [0.1, 0.15) is 5.56 Å². The number of nitriles is 1. The van der Waals surface area contributed by atoms with Gasteiger partial charge in [0.25, 0.3) is 0 Å². The molecule has 0 aromatic heterocycles. The molecule has 1 aromatic rings. The smallest absolute Gasteiger partial charge is 0.124 e. The number of hydrogen-bond donors (Lipinski definition) is 0. The van der Waals surface area contributed by atoms with E-state index in [2.05, 4.69) is 0 Å². The summed E-state index contributed by atoms with van der Waals surface area (Å²) in [5, 5.41) is 9.39. The lowest BCUT2D eigenvalue weighted by molar-refractivity contribution is 0.411. The van der Waals surface area contributed by atoms with Crippen LogP contribution in [0, 0.1) is 11.3 Å². The average Bonchev–Trinajstić information content (AvgIpc) is 2.11. The summed E-state index contributed by atoms with van der Waals surface area (Å²) in [6, 6.07) is 5.28. The molecule has 0 bridgehead atoms. The first-order valence-corrected chi connectivity index (χ1v) is 4.33. The molecule has 0 aliphatic rings. The average molecular weight is 216 g/mol. The van der Waals surface area contributed by atoms with E-state index in [1.807, 2.05) is 6.07 Å². The van der Waals surface area contributed by atoms with Crippen molar-refractivity contribution in [3.63, 3.8) is 0 Å². The van der Waals surface area contributed by atoms with E-state index in [1.54, 1.807) is 12.1 Å². The molecule has 0 saturated heterocycles. The summed E-state index contributed by atoms with van der Waals surface area (Å²) in [5.74, 6) is 0.593. The minimum absolute atomic E-state index is 0.264. The van der Waals surface area contributed by atoms with E-state index in [9.17, 15) is 0 Å². The summed E-state index contributed by atoms with van der Waals surface area (Å²) in [6.07, 6.45) is 0.264. The van der Waals surface area contributed by atoms with Crippen LogP contribution < -0.4 is 4.74 Å². The molecule has 4 heteroatoms. The zero-order valence-corrected chi connectivity index (χ0v) is 8.49. The summed E-state index contributed by atoms with van der Waals surface area (Å²) in [4.78, 5) is 0. The van der Waals surface area contributed by atoms with Crippen LogP contribution in [0.15, 0.2) is 12.1 Å². The van der Waals surface area contributed by atoms with Crippen LogP contribution in [0.3, 0.4) is 0 Å². The molecule has 0 aliphatic carbocycles. The van der Waals surface area contributed by atoms with Gasteiger partial charge in [-0.05, 0) is 6.07 Å². The standard InChI is InChI=1S/C9H7Cl2NO/c1-13-9-5-8(11)7(10)4-6(9)2-3-12/h4-5H,2H2,1H3. The maximum absolute atomic E-state index is 8.52. The molecule has 68 valence electrons. The third-order valence-corrected chi connectivity index (χ3v) is 2.31. The molecule has 1 rings (SSSR count). The highest BCUT2D eigenvalue weighted by Gasteiger charge is 2.07. The minimum atomic E-state index is 0.264. The minimum Gasteiger partial charge on any atom is -0.496 e. The van der Waals surface area contributed by atoms with Crippen molar-refractivity contribution in [3.8, 4) is 11.8 Å². The van der Waals surface area contributed by atoms with Crippen molar-refractivity contribution in [1.29, 1.82) is 5.26 Å². The van der Waals surface area contributed by atoms with E-state index < -0.39 is 0 Å². The fraction of sp³-hybridized carbons (Fsp3) is 0.222. The van der Waals surface area contributed by atoms with Crippen molar-refractivity contribution in [2.24, 2.45) is 0 Å². The van der Waals surface area contributed by atoms with Gasteiger partial charge in [-0.25, -0.2) is 0 Å². The quantitative estimate of drug-likeness (QED) is 0.760. The number of ether oxygens (including phenoxy) is 1. The second kappa shape index (κ2) is 4.36. The molecule has 0 unspecified atom stereocenters. The Morgan fingerprint density at radius 1 is 1.38 bits per heavy atom. The van der Waals surface area contributed by atoms with Crippen molar-refractivity contribution in [3.05, 3.63) is 27.7 Å². The van der Waals surface area contributed by atoms with E-state index in [1.165, 1.54) is 7.11 Å². The fourth-order valence-corrected chi connectivity index (χ4v) is 1.32. The van der Waals surface area contributed by atoms with Gasteiger partial charge in [0.05, 0.1) is 29.6 Å². The Bertz CT molecular complexity index is 357. The summed E-state index contributed by atoms with van der Waals surface area (Å²) >= 11 is 11.6. The molecular weight excluding hydrogens is 209 g/mol. The van der Waals surface area contributed by atoms with E-state index in [0.29, 0.717) is 15.8 Å². The van der Waals surface area contributed by atoms with Gasteiger partial charge in [-0.1, -0.05) is 23.2 Å². The van der Waals surface area contributed by atoms with Gasteiger partial charge in [0.1, 0.15) is 5.75 Å². The molecule has 0 spiro atoms. The Balaban J connectivity index is 3.18. The van der Waals surface area contributed by atoms with Gasteiger partial charge < -0.3 is 4.74 Å². The third kappa shape index (κ3) is 2.27. The van der Waals surface area contributed by atoms with E-state index in [0.717, 1.165) is 5.56 Å². The van der Waals surface area contributed by atoms with Crippen molar-refractivity contribution in [2.45, 2.75) is 6.42 Å². The molecule has 0 heterocycles. The van der Waals surface area contributed by atoms with Crippen molar-refractivity contribution < 1.29 is 4.74 Å². The second-order valence-corrected chi connectivity index (χ2v) is 3.23. The fourth-order valence-electron chi connectivity index (χ4n) is 0.983. The van der Waals surface area contributed by atoms with Crippen LogP contribution in [0.2, 0.25) is 10.0 Å². The van der Waals surface area contributed by atoms with Gasteiger partial charge in [-0.3, -0.25) is 0 Å². The van der Waals surface area contributed by atoms with Crippen LogP contribution in [0.5, 0.6) is 5.75 Å². The van der Waals surface area contributed by atoms with Gasteiger partial charge in [0.15, 0.2) is 0 Å². The maximum Gasteiger partial charge on any atom is 0.124 e. The highest BCUT2D eigenvalue weighted by molar-refractivity contribution is 6.42. The van der Waals surface area contributed by atoms with Crippen LogP contribution in [0.25, 0.3) is 0 Å². The van der Waals surface area contributed by atoms with Crippen LogP contribution in [0.4, 0.5) is 0 Å². The van der Waals surface area contributed by atoms with Gasteiger partial charge in [0.2, 0.25) is 0 Å². The molecule has 1 aromatic carbocycles. The van der Waals surface area contributed by atoms with Crippen LogP contribution in [-0.4, -0.2) is 7.11 Å². The molecule has 0 amide bonds. The molecule has 0 aliphatic heterocycles. The first-order chi connectivity index (χ1) is 6.19. The molecule has 13 heavy (non-hydrogen) atoms. The second-order valence-electron chi connectivity index (χ2n) is 2.41. The van der Waals surface area contributed by atoms with Gasteiger partial charge >= 0.3 is 0 Å². The molecule has 0 saturated carbocycles. The van der Waals surface area contributed by atoms with Gasteiger partial charge in [-0.15, -0.1) is 0 Å². The highest BCUT2D eigenvalue weighted by Crippen LogP contribution is 2.30. The van der Waals surface area contributed by atoms with E-state index in [-0.39, 0.29) is 6.42 Å². The van der Waals surface area contributed by atoms with Crippen molar-refractivity contribution >= 4 is 23.2 Å². The largest absolute Gasteiger partial charge is 0.496 e. The predicted molar refractivity (Wildman–Crippen MR) is 52.3 cm³/mol. The molecule has 0 atom stereocenters. The van der Waals surface area contributed by atoms with Gasteiger partial charge in [-0.2, -0.15) is 5.26 Å². The van der Waals surface area contributed by atoms with Crippen LogP contribution >= 0.6 is 23.2 Å². The summed E-state index contributed by atoms with van der Waals surface area (Å²) < 4.78 is 5.04. The van der Waals surface area contributed by atoms with Crippen molar-refractivity contribution in [1.82, 2.24) is 0 Å². The number of methoxy groups -OCH3 is 1. The Hall–Kier alpha value is -0.910. The summed E-state index contributed by atoms with van der Waals surface area (Å²) in [5.41, 5.74) is 0.749. The Morgan fingerprint density at radius 3 is 2.54 bits per heavy atom. The zero-order valence-electron chi connectivity index (χ0n) is 6.97. The SMILES string of the molecule is COc1cc(Cl)c(Cl)cc1CC#N. The Morgan fingerprint density at radius 2 is 2.00 bits per heavy atom. The first-order valence-electron chi connectivity index (χ1n) is 3.58. The molecule has 2 nitrogen and oxygen atoms in total. The first kappa shape index (κ1) is 10.2. The van der Waals surface area contributed by atoms with Crippen molar-refractivity contribution in [2.75, 3.05) is 7.11 Å². The lowest BCUT2D eigenvalue weighted by atomic mass is 10.1. The number of rotatable bonds is 2. The summed E-state index contributed by atoms with van der Waals surface area (Å²) in [7, 11) is 1.53. The topological polar surface area (TPSA) is 33.0 Å². The molecule has 0 N–H and O–H groups in total. The molecular formula is C9H7Cl2NO. The van der Waals surface area contributed by atoms with E-state index in [4.69, 9.17) is 33.2 Å². The predicted octanol–water partition coefficient (Wildman–Crippen LogP) is 3.07. The number of hydrogen-bond acceptors (Lipinski definition) is 2. The number of benzene rings is 1. The lowest BCUT2D eigenvalue weighted by Gasteiger charge is -2.06. The zero-order chi connectivity index (χ0) is 9.84. The van der Waals surface area contributed by atoms with Crippen LogP contribution in [-0.2, 0) is 6.42 Å². The van der Waals surface area contributed by atoms with Gasteiger partial charge in [0, 0.05) is 11.6 Å². The number of halogens is 2. The molecule has 0 radical (unpaired) electrons. The normalized spacial score (nSPS) is 9.38. The monoisotopic (exact) mass is 215 g/mol. The summed E-state index contributed by atoms with van der Waals surface area (Å²) in [6.45, 7) is 0.